The summed E-state index contributed by atoms with van der Waals surface area (Å²) in [6.07, 6.45) is 5.39. The van der Waals surface area contributed by atoms with Gasteiger partial charge in [0.25, 0.3) is 0 Å². The number of benzene rings is 2. The molecule has 3 atom stereocenters. The Bertz CT molecular complexity index is 1840. The third-order valence-corrected chi connectivity index (χ3v) is 9.11. The molecule has 2 fully saturated rings. The number of tetrazole rings is 1. The lowest BCUT2D eigenvalue weighted by atomic mass is 10.1. The molecule has 0 spiro atoms. The Morgan fingerprint density at radius 1 is 0.979 bits per heavy atom. The summed E-state index contributed by atoms with van der Waals surface area (Å²) in [5, 5.41) is 16.4. The topological polar surface area (TPSA) is 130 Å². The molecular formula is C33H37ClN10O4. The quantitative estimate of drug-likeness (QED) is 0.204. The maximum Gasteiger partial charge on any atom is 0.350 e. The number of nitrogens with zero attached hydrogens (tertiary/aromatic N) is 10. The van der Waals surface area contributed by atoms with E-state index in [9.17, 15) is 4.79 Å². The Kier molecular flexibility index (Phi) is 9.11. The van der Waals surface area contributed by atoms with Crippen molar-refractivity contribution in [3.63, 3.8) is 0 Å². The van der Waals surface area contributed by atoms with Crippen LogP contribution in [-0.4, -0.2) is 85.0 Å². The van der Waals surface area contributed by atoms with Crippen LogP contribution in [0.4, 0.5) is 11.5 Å². The van der Waals surface area contributed by atoms with Crippen molar-refractivity contribution < 1.29 is 14.2 Å². The maximum atomic E-state index is 12.8. The predicted molar refractivity (Wildman–Crippen MR) is 179 cm³/mol. The molecule has 15 heteroatoms. The number of pyridine rings is 1. The van der Waals surface area contributed by atoms with E-state index in [-0.39, 0.29) is 31.0 Å². The van der Waals surface area contributed by atoms with Crippen LogP contribution >= 0.6 is 11.6 Å². The fourth-order valence-corrected chi connectivity index (χ4v) is 6.09. The van der Waals surface area contributed by atoms with Gasteiger partial charge in [-0.1, -0.05) is 30.7 Å². The van der Waals surface area contributed by atoms with E-state index in [1.807, 2.05) is 50.2 Å². The van der Waals surface area contributed by atoms with Crippen LogP contribution in [0.5, 0.6) is 5.75 Å². The molecule has 14 nitrogen and oxygen atoms in total. The summed E-state index contributed by atoms with van der Waals surface area (Å²) in [4.78, 5) is 22.1. The van der Waals surface area contributed by atoms with Crippen molar-refractivity contribution in [2.45, 2.75) is 44.7 Å². The second-order valence-corrected chi connectivity index (χ2v) is 12.4. The highest BCUT2D eigenvalue weighted by atomic mass is 35.5. The molecule has 1 unspecified atom stereocenters. The molecule has 48 heavy (non-hydrogen) atoms. The molecule has 2 aliphatic rings. The third kappa shape index (κ3) is 6.64. The second kappa shape index (κ2) is 13.7. The van der Waals surface area contributed by atoms with Crippen LogP contribution in [0.25, 0.3) is 5.69 Å². The number of anilines is 2. The van der Waals surface area contributed by atoms with E-state index in [4.69, 9.17) is 25.8 Å². The van der Waals surface area contributed by atoms with Crippen molar-refractivity contribution in [1.82, 2.24) is 39.5 Å². The van der Waals surface area contributed by atoms with Crippen LogP contribution in [0.2, 0.25) is 5.02 Å². The van der Waals surface area contributed by atoms with Gasteiger partial charge in [0.1, 0.15) is 43.5 Å². The summed E-state index contributed by atoms with van der Waals surface area (Å²) < 4.78 is 23.4. The first kappa shape index (κ1) is 31.8. The van der Waals surface area contributed by atoms with Crippen LogP contribution in [-0.2, 0) is 21.8 Å². The minimum absolute atomic E-state index is 0.0620. The lowest BCUT2D eigenvalue weighted by molar-refractivity contribution is -0.191. The number of piperazine rings is 1. The van der Waals surface area contributed by atoms with E-state index in [0.29, 0.717) is 17.4 Å². The Morgan fingerprint density at radius 3 is 2.42 bits per heavy atom. The summed E-state index contributed by atoms with van der Waals surface area (Å²) in [7, 11) is 0. The molecule has 5 heterocycles. The zero-order chi connectivity index (χ0) is 33.1. The van der Waals surface area contributed by atoms with E-state index >= 15 is 0 Å². The minimum atomic E-state index is -1.07. The summed E-state index contributed by atoms with van der Waals surface area (Å²) in [5.41, 5.74) is 2.62. The SMILES string of the molecule is CCC(C)n1ncn(-c2ccc(N3CCN(c4ccc(OC[C@@H]5CO[C@@](Cn6cnnn6)(c6ccc(Cl)cc6)O5)cn4)CC3)cc2)c1=O. The first-order valence-corrected chi connectivity index (χ1v) is 16.4. The van der Waals surface area contributed by atoms with Gasteiger partial charge in [0.2, 0.25) is 5.79 Å². The number of rotatable bonds is 11. The fourth-order valence-electron chi connectivity index (χ4n) is 5.96. The summed E-state index contributed by atoms with van der Waals surface area (Å²) in [6, 6.07) is 19.4. The van der Waals surface area contributed by atoms with Gasteiger partial charge >= 0.3 is 5.69 Å². The predicted octanol–water partition coefficient (Wildman–Crippen LogP) is 3.71. The van der Waals surface area contributed by atoms with Crippen LogP contribution in [0.1, 0.15) is 31.9 Å². The number of hydrogen-bond donors (Lipinski definition) is 0. The van der Waals surface area contributed by atoms with Crippen molar-refractivity contribution in [2.24, 2.45) is 0 Å². The largest absolute Gasteiger partial charge is 0.489 e. The normalized spacial score (nSPS) is 20.3. The van der Waals surface area contributed by atoms with Gasteiger partial charge in [-0.2, -0.15) is 5.10 Å². The molecule has 0 N–H and O–H groups in total. The molecular weight excluding hydrogens is 636 g/mol. The van der Waals surface area contributed by atoms with E-state index < -0.39 is 5.79 Å². The summed E-state index contributed by atoms with van der Waals surface area (Å²) in [5.74, 6) is 0.481. The molecule has 0 aliphatic carbocycles. The third-order valence-electron chi connectivity index (χ3n) is 8.86. The zero-order valence-electron chi connectivity index (χ0n) is 26.8. The highest BCUT2D eigenvalue weighted by Gasteiger charge is 2.44. The van der Waals surface area contributed by atoms with Gasteiger partial charge < -0.3 is 24.0 Å². The fraction of sp³-hybridized carbons (Fsp3) is 0.394. The van der Waals surface area contributed by atoms with E-state index in [1.54, 1.807) is 33.9 Å². The van der Waals surface area contributed by atoms with Gasteiger partial charge in [0.15, 0.2) is 0 Å². The molecule has 2 saturated heterocycles. The first-order chi connectivity index (χ1) is 23.4. The van der Waals surface area contributed by atoms with Crippen molar-refractivity contribution in [2.75, 3.05) is 49.2 Å². The number of halogens is 1. The Hall–Kier alpha value is -4.79. The van der Waals surface area contributed by atoms with Crippen LogP contribution in [0.3, 0.4) is 0 Å². The highest BCUT2D eigenvalue weighted by Crippen LogP contribution is 2.36. The van der Waals surface area contributed by atoms with Crippen molar-refractivity contribution >= 4 is 23.1 Å². The molecule has 0 amide bonds. The Morgan fingerprint density at radius 2 is 1.73 bits per heavy atom. The highest BCUT2D eigenvalue weighted by molar-refractivity contribution is 6.30. The zero-order valence-corrected chi connectivity index (χ0v) is 27.6. The molecule has 0 saturated carbocycles. The van der Waals surface area contributed by atoms with Gasteiger partial charge in [-0.3, -0.25) is 0 Å². The molecule has 0 bridgehead atoms. The van der Waals surface area contributed by atoms with Gasteiger partial charge in [0.05, 0.1) is 24.5 Å². The lowest BCUT2D eigenvalue weighted by Crippen LogP contribution is -2.46. The van der Waals surface area contributed by atoms with Crippen LogP contribution in [0, 0.1) is 0 Å². The standard InChI is InChI=1S/C33H37ClN10O4/c1-3-24(2)44-32(45)43(23-37-44)28-10-8-27(9-11-28)40-14-16-41(17-15-40)31-13-12-29(18-35-31)46-19-30-20-47-33(48-30,21-42-22-36-38-39-42)25-4-6-26(34)7-5-25/h4-13,18,22-24,30H,3,14-17,19-21H2,1-2H3/t24?,30-,33-/m1/s1. The first-order valence-electron chi connectivity index (χ1n) is 16.0. The van der Waals surface area contributed by atoms with Gasteiger partial charge in [-0.05, 0) is 72.3 Å². The van der Waals surface area contributed by atoms with Gasteiger partial charge in [0, 0.05) is 42.5 Å². The molecule has 2 aromatic carbocycles. The van der Waals surface area contributed by atoms with Crippen LogP contribution in [0.15, 0.2) is 84.3 Å². The van der Waals surface area contributed by atoms with Crippen LogP contribution < -0.4 is 20.2 Å². The van der Waals surface area contributed by atoms with E-state index in [0.717, 1.165) is 55.4 Å². The van der Waals surface area contributed by atoms with Crippen molar-refractivity contribution in [1.29, 1.82) is 0 Å². The molecule has 2 aliphatic heterocycles. The minimum Gasteiger partial charge on any atom is -0.489 e. The second-order valence-electron chi connectivity index (χ2n) is 12.0. The maximum absolute atomic E-state index is 12.8. The van der Waals surface area contributed by atoms with E-state index in [1.165, 1.54) is 11.0 Å². The Balaban J connectivity index is 0.916. The molecule has 0 radical (unpaired) electrons. The number of ether oxygens (including phenoxy) is 3. The van der Waals surface area contributed by atoms with Crippen molar-refractivity contribution in [3.05, 3.63) is 101 Å². The molecule has 3 aromatic heterocycles. The lowest BCUT2D eigenvalue weighted by Gasteiger charge is -2.36. The van der Waals surface area contributed by atoms with Gasteiger partial charge in [-0.15, -0.1) is 5.10 Å². The molecule has 5 aromatic rings. The summed E-state index contributed by atoms with van der Waals surface area (Å²) >= 11 is 6.12. The smallest absolute Gasteiger partial charge is 0.350 e. The van der Waals surface area contributed by atoms with E-state index in [2.05, 4.69) is 47.5 Å². The molecule has 250 valence electrons. The van der Waals surface area contributed by atoms with Gasteiger partial charge in [-0.25, -0.2) is 23.7 Å². The number of aromatic nitrogens is 8. The Labute approximate surface area is 282 Å². The monoisotopic (exact) mass is 672 g/mol. The molecule has 7 rings (SSSR count). The number of hydrogen-bond acceptors (Lipinski definition) is 11. The average molecular weight is 673 g/mol. The average Bonchev–Trinajstić information content (AvgIpc) is 3.89. The van der Waals surface area contributed by atoms with Crippen molar-refractivity contribution in [3.8, 4) is 11.4 Å². The summed E-state index contributed by atoms with van der Waals surface area (Å²) in [6.45, 7) is 8.31.